The van der Waals surface area contributed by atoms with Gasteiger partial charge in [-0.2, -0.15) is 4.58 Å². The van der Waals surface area contributed by atoms with Crippen molar-refractivity contribution in [1.82, 2.24) is 21.3 Å². The average Bonchev–Trinajstić information content (AvgIpc) is 3.45. The van der Waals surface area contributed by atoms with E-state index in [-0.39, 0.29) is 47.2 Å². The summed E-state index contributed by atoms with van der Waals surface area (Å²) in [7, 11) is 2.12. The number of hydrogen-bond acceptors (Lipinski definition) is 7. The van der Waals surface area contributed by atoms with Gasteiger partial charge in [-0.05, 0) is 44.4 Å². The zero-order valence-electron chi connectivity index (χ0n) is 31.0. The molecule has 0 atom stereocenters. The molecule has 2 aliphatic heterocycles. The molecule has 52 heavy (non-hydrogen) atoms. The molecule has 2 aromatic carbocycles. The zero-order chi connectivity index (χ0) is 37.9. The second kappa shape index (κ2) is 18.0. The lowest BCUT2D eigenvalue weighted by molar-refractivity contribution is -0.401. The lowest BCUT2D eigenvalue weighted by atomic mass is 9.81. The molecule has 0 radical (unpaired) electrons. The largest absolute Gasteiger partial charge is 0.355 e. The molecule has 0 saturated heterocycles. The maximum absolute atomic E-state index is 12.3. The van der Waals surface area contributed by atoms with Gasteiger partial charge >= 0.3 is 0 Å². The summed E-state index contributed by atoms with van der Waals surface area (Å²) >= 11 is 0.841. The SMILES string of the molecule is CC(=O)SCC(=O)NCC(=O)NCC(=O)NCC(=O)NCCCCN1/C(=C/C=C/C=C/C2=[N+](C)c3ccccc3C2(C)C)C(C)(C)c2ccccc21. The van der Waals surface area contributed by atoms with E-state index in [0.717, 1.165) is 31.1 Å². The van der Waals surface area contributed by atoms with E-state index in [0.29, 0.717) is 6.54 Å². The summed E-state index contributed by atoms with van der Waals surface area (Å²) in [6.45, 7) is 10.8. The molecule has 0 aromatic heterocycles. The Morgan fingerprint density at radius 3 is 1.98 bits per heavy atom. The first-order chi connectivity index (χ1) is 24.7. The van der Waals surface area contributed by atoms with E-state index in [1.54, 1.807) is 0 Å². The van der Waals surface area contributed by atoms with Crippen LogP contribution in [-0.4, -0.2) is 84.6 Å². The predicted molar refractivity (Wildman–Crippen MR) is 208 cm³/mol. The molecule has 0 fully saturated rings. The van der Waals surface area contributed by atoms with Crippen molar-refractivity contribution in [3.8, 4) is 0 Å². The molecular formula is C40H51N6O5S+. The van der Waals surface area contributed by atoms with Gasteiger partial charge in [0.2, 0.25) is 29.3 Å². The van der Waals surface area contributed by atoms with Gasteiger partial charge < -0.3 is 26.2 Å². The highest BCUT2D eigenvalue weighted by molar-refractivity contribution is 8.14. The summed E-state index contributed by atoms with van der Waals surface area (Å²) in [5.74, 6) is -1.94. The highest BCUT2D eigenvalue weighted by Crippen LogP contribution is 2.47. The first-order valence-corrected chi connectivity index (χ1v) is 18.6. The Morgan fingerprint density at radius 1 is 0.731 bits per heavy atom. The molecular weight excluding hydrogens is 677 g/mol. The highest BCUT2D eigenvalue weighted by atomic mass is 32.2. The van der Waals surface area contributed by atoms with Crippen LogP contribution in [0, 0.1) is 0 Å². The third-order valence-electron chi connectivity index (χ3n) is 9.35. The number of carbonyl (C=O) groups excluding carboxylic acids is 5. The number of benzene rings is 2. The second-order valence-electron chi connectivity index (χ2n) is 13.8. The van der Waals surface area contributed by atoms with E-state index in [1.165, 1.54) is 40.8 Å². The minimum atomic E-state index is -0.558. The summed E-state index contributed by atoms with van der Waals surface area (Å²) in [5.41, 5.74) is 7.26. The minimum Gasteiger partial charge on any atom is -0.355 e. The van der Waals surface area contributed by atoms with E-state index in [9.17, 15) is 24.0 Å². The topological polar surface area (TPSA) is 140 Å². The molecule has 4 N–H and O–H groups in total. The summed E-state index contributed by atoms with van der Waals surface area (Å²) in [4.78, 5) is 61.1. The van der Waals surface area contributed by atoms with Gasteiger partial charge in [0.05, 0.1) is 30.8 Å². The lowest BCUT2D eigenvalue weighted by Crippen LogP contribution is -2.44. The molecule has 0 bridgehead atoms. The van der Waals surface area contributed by atoms with Gasteiger partial charge in [0.1, 0.15) is 7.05 Å². The van der Waals surface area contributed by atoms with Crippen molar-refractivity contribution in [2.45, 2.75) is 58.3 Å². The molecule has 0 saturated carbocycles. The van der Waals surface area contributed by atoms with Crippen LogP contribution >= 0.6 is 11.8 Å². The maximum Gasteiger partial charge on any atom is 0.239 e. The molecule has 2 aromatic rings. The van der Waals surface area contributed by atoms with E-state index in [4.69, 9.17) is 0 Å². The van der Waals surface area contributed by atoms with Crippen molar-refractivity contribution in [1.29, 1.82) is 0 Å². The lowest BCUT2D eigenvalue weighted by Gasteiger charge is -2.27. The van der Waals surface area contributed by atoms with Gasteiger partial charge in [0.25, 0.3) is 0 Å². The fourth-order valence-electron chi connectivity index (χ4n) is 6.61. The average molecular weight is 728 g/mol. The van der Waals surface area contributed by atoms with Crippen LogP contribution in [0.3, 0.4) is 0 Å². The Bertz CT molecular complexity index is 1810. The van der Waals surface area contributed by atoms with Crippen molar-refractivity contribution in [2.75, 3.05) is 50.4 Å². The van der Waals surface area contributed by atoms with Gasteiger partial charge in [0.15, 0.2) is 10.8 Å². The van der Waals surface area contributed by atoms with Crippen LogP contribution in [0.25, 0.3) is 0 Å². The van der Waals surface area contributed by atoms with Crippen molar-refractivity contribution in [3.05, 3.63) is 95.7 Å². The van der Waals surface area contributed by atoms with Crippen LogP contribution in [-0.2, 0) is 34.8 Å². The number of unbranched alkanes of at least 4 members (excludes halogenated alkanes) is 1. The monoisotopic (exact) mass is 727 g/mol. The first-order valence-electron chi connectivity index (χ1n) is 17.6. The quantitative estimate of drug-likeness (QED) is 0.117. The summed E-state index contributed by atoms with van der Waals surface area (Å²) in [5, 5.41) is 9.87. The zero-order valence-corrected chi connectivity index (χ0v) is 31.8. The third-order valence-corrected chi connectivity index (χ3v) is 10.2. The van der Waals surface area contributed by atoms with E-state index >= 15 is 0 Å². The van der Waals surface area contributed by atoms with Crippen molar-refractivity contribution in [2.24, 2.45) is 0 Å². The number of thioether (sulfide) groups is 1. The van der Waals surface area contributed by atoms with Gasteiger partial charge in [-0.1, -0.05) is 80.2 Å². The summed E-state index contributed by atoms with van der Waals surface area (Å²) < 4.78 is 2.27. The molecule has 276 valence electrons. The maximum atomic E-state index is 12.3. The summed E-state index contributed by atoms with van der Waals surface area (Å²) in [6.07, 6.45) is 12.3. The van der Waals surface area contributed by atoms with E-state index in [1.807, 2.05) is 0 Å². The van der Waals surface area contributed by atoms with Crippen LogP contribution in [0.4, 0.5) is 11.4 Å². The van der Waals surface area contributed by atoms with E-state index in [2.05, 4.69) is 144 Å². The highest BCUT2D eigenvalue weighted by Gasteiger charge is 2.42. The Labute approximate surface area is 311 Å². The Morgan fingerprint density at radius 2 is 1.33 bits per heavy atom. The molecule has 2 heterocycles. The smallest absolute Gasteiger partial charge is 0.239 e. The predicted octanol–water partition coefficient (Wildman–Crippen LogP) is 4.01. The first kappa shape index (κ1) is 39.8. The van der Waals surface area contributed by atoms with Gasteiger partial charge in [-0.25, -0.2) is 0 Å². The normalized spacial score (nSPS) is 16.3. The van der Waals surface area contributed by atoms with Crippen LogP contribution in [0.1, 0.15) is 58.6 Å². The number of fused-ring (bicyclic) bond motifs is 2. The number of hydrogen-bond donors (Lipinski definition) is 4. The van der Waals surface area contributed by atoms with Gasteiger partial charge in [-0.3, -0.25) is 24.0 Å². The van der Waals surface area contributed by atoms with Crippen LogP contribution in [0.5, 0.6) is 0 Å². The summed E-state index contributed by atoms with van der Waals surface area (Å²) in [6, 6.07) is 17.0. The van der Waals surface area contributed by atoms with Crippen molar-refractivity contribution in [3.63, 3.8) is 0 Å². The number of anilines is 1. The van der Waals surface area contributed by atoms with Gasteiger partial charge in [0, 0.05) is 54.5 Å². The number of para-hydroxylation sites is 2. The number of nitrogens with zero attached hydrogens (tertiary/aromatic N) is 2. The second-order valence-corrected chi connectivity index (χ2v) is 15.0. The van der Waals surface area contributed by atoms with Crippen LogP contribution < -0.4 is 26.2 Å². The molecule has 0 spiro atoms. The molecule has 4 rings (SSSR count). The molecule has 4 amide bonds. The van der Waals surface area contributed by atoms with Crippen molar-refractivity contribution >= 4 is 57.6 Å². The minimum absolute atomic E-state index is 0.0757. The number of nitrogens with one attached hydrogen (secondary N) is 4. The fourth-order valence-corrected chi connectivity index (χ4v) is 7.04. The number of amides is 4. The van der Waals surface area contributed by atoms with Crippen LogP contribution in [0.2, 0.25) is 0 Å². The molecule has 12 heteroatoms. The Balaban J connectivity index is 1.22. The molecule has 0 unspecified atom stereocenters. The van der Waals surface area contributed by atoms with Crippen LogP contribution in [0.15, 0.2) is 84.6 Å². The third kappa shape index (κ3) is 10.1. The van der Waals surface area contributed by atoms with Crippen molar-refractivity contribution < 1.29 is 28.5 Å². The Kier molecular flexibility index (Phi) is 13.8. The standard InChI is InChI=1S/C40H50N6O5S/c1-28(47)52-27-38(51)44-26-37(50)43-25-36(49)42-24-35(48)41-22-14-15-23-46-32-19-13-11-17-30(32)40(4,5)34(46)21-9-7-8-20-33-39(2,3)29-16-10-12-18-31(29)45(33)6/h7-13,16-21H,14-15,22-27H2,1-6H3,(H3-,41,42,43,44,48,49,50,51)/p+1. The Hall–Kier alpha value is -4.97. The van der Waals surface area contributed by atoms with E-state index < -0.39 is 17.7 Å². The van der Waals surface area contributed by atoms with Gasteiger partial charge in [-0.15, -0.1) is 0 Å². The fraction of sp³-hybridized carbons (Fsp3) is 0.400. The number of allylic oxidation sites excluding steroid dienone is 6. The molecule has 11 nitrogen and oxygen atoms in total. The number of carbonyl (C=O) groups is 5. The molecule has 0 aliphatic carbocycles. The molecule has 2 aliphatic rings. The number of rotatable bonds is 16.